The van der Waals surface area contributed by atoms with Crippen molar-refractivity contribution in [1.29, 1.82) is 0 Å². The molecule has 2 aromatic heterocycles. The predicted octanol–water partition coefficient (Wildman–Crippen LogP) is 3.58. The molecule has 0 N–H and O–H groups in total. The zero-order valence-electron chi connectivity index (χ0n) is 11.9. The highest BCUT2D eigenvalue weighted by Gasteiger charge is 2.16. The van der Waals surface area contributed by atoms with Crippen LogP contribution < -0.4 is 4.74 Å². The van der Waals surface area contributed by atoms with E-state index in [0.717, 1.165) is 34.0 Å². The van der Waals surface area contributed by atoms with Gasteiger partial charge in [0.05, 0.1) is 11.6 Å². The zero-order valence-corrected chi connectivity index (χ0v) is 12.7. The number of rotatable bonds is 3. The molecular formula is C14H18ClN3O. The highest BCUT2D eigenvalue weighted by Crippen LogP contribution is 2.31. The molecule has 4 nitrogen and oxygen atoms in total. The van der Waals surface area contributed by atoms with Gasteiger partial charge in [0.2, 0.25) is 5.88 Å². The summed E-state index contributed by atoms with van der Waals surface area (Å²) in [5.41, 5.74) is 4.76. The van der Waals surface area contributed by atoms with E-state index in [0.29, 0.717) is 11.8 Å². The lowest BCUT2D eigenvalue weighted by atomic mass is 10.1. The lowest BCUT2D eigenvalue weighted by molar-refractivity contribution is 0.449. The van der Waals surface area contributed by atoms with Gasteiger partial charge in [-0.2, -0.15) is 5.10 Å². The molecular weight excluding hydrogens is 262 g/mol. The van der Waals surface area contributed by atoms with Gasteiger partial charge in [-0.1, -0.05) is 0 Å². The van der Waals surface area contributed by atoms with E-state index in [2.05, 4.69) is 10.1 Å². The summed E-state index contributed by atoms with van der Waals surface area (Å²) in [6.45, 7) is 7.85. The monoisotopic (exact) mass is 279 g/mol. The number of halogens is 1. The van der Waals surface area contributed by atoms with Crippen molar-refractivity contribution in [3.05, 3.63) is 34.3 Å². The van der Waals surface area contributed by atoms with Gasteiger partial charge < -0.3 is 4.74 Å². The Morgan fingerprint density at radius 2 is 1.95 bits per heavy atom. The van der Waals surface area contributed by atoms with Crippen LogP contribution in [-0.2, 0) is 12.9 Å². The van der Waals surface area contributed by atoms with Crippen molar-refractivity contribution in [2.24, 2.45) is 7.05 Å². The quantitative estimate of drug-likeness (QED) is 0.806. The SMILES string of the molecule is Cc1cc(C)c(CCl)c(Oc2c(C)nn(C)c2C)n1. The molecule has 2 heterocycles. The smallest absolute Gasteiger partial charge is 0.224 e. The molecule has 0 aromatic carbocycles. The van der Waals surface area contributed by atoms with Gasteiger partial charge in [0.25, 0.3) is 0 Å². The zero-order chi connectivity index (χ0) is 14.2. The summed E-state index contributed by atoms with van der Waals surface area (Å²) in [6, 6.07) is 2.01. The van der Waals surface area contributed by atoms with E-state index in [1.54, 1.807) is 4.68 Å². The number of hydrogen-bond acceptors (Lipinski definition) is 3. The first kappa shape index (κ1) is 13.9. The number of ether oxygens (including phenoxy) is 1. The fraction of sp³-hybridized carbons (Fsp3) is 0.429. The van der Waals surface area contributed by atoms with Crippen molar-refractivity contribution in [3.63, 3.8) is 0 Å². The second-order valence-electron chi connectivity index (χ2n) is 4.72. The van der Waals surface area contributed by atoms with E-state index < -0.39 is 0 Å². The van der Waals surface area contributed by atoms with Gasteiger partial charge in [-0.25, -0.2) is 4.98 Å². The van der Waals surface area contributed by atoms with Crippen LogP contribution >= 0.6 is 11.6 Å². The number of nitrogens with zero attached hydrogens (tertiary/aromatic N) is 3. The van der Waals surface area contributed by atoms with Crippen LogP contribution in [-0.4, -0.2) is 14.8 Å². The lowest BCUT2D eigenvalue weighted by Crippen LogP contribution is -1.99. The largest absolute Gasteiger partial charge is 0.435 e. The van der Waals surface area contributed by atoms with Crippen LogP contribution in [0.15, 0.2) is 6.07 Å². The Bertz CT molecular complexity index is 620. The van der Waals surface area contributed by atoms with Crippen LogP contribution in [0.2, 0.25) is 0 Å². The molecule has 2 aromatic rings. The molecule has 0 unspecified atom stereocenters. The molecule has 0 saturated carbocycles. The van der Waals surface area contributed by atoms with E-state index in [-0.39, 0.29) is 0 Å². The maximum atomic E-state index is 6.00. The van der Waals surface area contributed by atoms with Gasteiger partial charge in [0.1, 0.15) is 5.69 Å². The van der Waals surface area contributed by atoms with Crippen molar-refractivity contribution in [1.82, 2.24) is 14.8 Å². The normalized spacial score (nSPS) is 10.8. The average molecular weight is 280 g/mol. The summed E-state index contributed by atoms with van der Waals surface area (Å²) < 4.78 is 7.76. The Labute approximate surface area is 118 Å². The van der Waals surface area contributed by atoms with Crippen molar-refractivity contribution in [3.8, 4) is 11.6 Å². The maximum absolute atomic E-state index is 6.00. The molecule has 0 atom stereocenters. The van der Waals surface area contributed by atoms with Crippen molar-refractivity contribution < 1.29 is 4.74 Å². The van der Waals surface area contributed by atoms with E-state index >= 15 is 0 Å². The molecule has 0 radical (unpaired) electrons. The summed E-state index contributed by atoms with van der Waals surface area (Å²) in [5.74, 6) is 1.71. The fourth-order valence-electron chi connectivity index (χ4n) is 2.07. The molecule has 0 aliphatic rings. The van der Waals surface area contributed by atoms with E-state index in [1.807, 2.05) is 40.8 Å². The molecule has 0 amide bonds. The molecule has 0 aliphatic carbocycles. The van der Waals surface area contributed by atoms with E-state index in [4.69, 9.17) is 16.3 Å². The van der Waals surface area contributed by atoms with E-state index in [9.17, 15) is 0 Å². The summed E-state index contributed by atoms with van der Waals surface area (Å²) in [4.78, 5) is 4.45. The lowest BCUT2D eigenvalue weighted by Gasteiger charge is -2.12. The first-order valence-electron chi connectivity index (χ1n) is 6.15. The number of alkyl halides is 1. The maximum Gasteiger partial charge on any atom is 0.224 e. The Kier molecular flexibility index (Phi) is 3.80. The molecule has 5 heteroatoms. The topological polar surface area (TPSA) is 39.9 Å². The summed E-state index contributed by atoms with van der Waals surface area (Å²) >= 11 is 6.00. The number of pyridine rings is 1. The number of aryl methyl sites for hydroxylation is 4. The Morgan fingerprint density at radius 1 is 1.26 bits per heavy atom. The summed E-state index contributed by atoms with van der Waals surface area (Å²) in [6.07, 6.45) is 0. The van der Waals surface area contributed by atoms with Crippen molar-refractivity contribution in [2.45, 2.75) is 33.6 Å². The van der Waals surface area contributed by atoms with Crippen molar-refractivity contribution in [2.75, 3.05) is 0 Å². The molecule has 102 valence electrons. The first-order valence-corrected chi connectivity index (χ1v) is 6.68. The fourth-order valence-corrected chi connectivity index (χ4v) is 2.40. The minimum absolute atomic E-state index is 0.382. The highest BCUT2D eigenvalue weighted by molar-refractivity contribution is 6.17. The van der Waals surface area contributed by atoms with Gasteiger partial charge in [-0.15, -0.1) is 11.6 Å². The third-order valence-corrected chi connectivity index (χ3v) is 3.48. The standard InChI is InChI=1S/C14H18ClN3O/c1-8-6-9(2)16-14(12(8)7-15)19-13-10(3)17-18(5)11(13)4/h6H,7H2,1-5H3. The van der Waals surface area contributed by atoms with Gasteiger partial charge in [0, 0.05) is 18.3 Å². The minimum Gasteiger partial charge on any atom is -0.435 e. The Balaban J connectivity index is 2.48. The van der Waals surface area contributed by atoms with Crippen LogP contribution in [0.5, 0.6) is 11.6 Å². The molecule has 0 aliphatic heterocycles. The summed E-state index contributed by atoms with van der Waals surface area (Å²) in [5, 5.41) is 4.34. The van der Waals surface area contributed by atoms with Crippen LogP contribution in [0.25, 0.3) is 0 Å². The molecule has 2 rings (SSSR count). The van der Waals surface area contributed by atoms with Crippen LogP contribution in [0.1, 0.15) is 28.2 Å². The van der Waals surface area contributed by atoms with Crippen LogP contribution in [0, 0.1) is 27.7 Å². The van der Waals surface area contributed by atoms with E-state index in [1.165, 1.54) is 0 Å². The van der Waals surface area contributed by atoms with Gasteiger partial charge >= 0.3 is 0 Å². The van der Waals surface area contributed by atoms with Gasteiger partial charge in [0.15, 0.2) is 5.75 Å². The highest BCUT2D eigenvalue weighted by atomic mass is 35.5. The molecule has 19 heavy (non-hydrogen) atoms. The van der Waals surface area contributed by atoms with Gasteiger partial charge in [-0.05, 0) is 39.3 Å². The first-order chi connectivity index (χ1) is 8.93. The molecule has 0 bridgehead atoms. The second-order valence-corrected chi connectivity index (χ2v) is 4.99. The van der Waals surface area contributed by atoms with Crippen LogP contribution in [0.4, 0.5) is 0 Å². The molecule has 0 spiro atoms. The Hall–Kier alpha value is -1.55. The molecule has 0 saturated heterocycles. The second kappa shape index (κ2) is 5.21. The third-order valence-electron chi connectivity index (χ3n) is 3.21. The average Bonchev–Trinajstić information content (AvgIpc) is 2.55. The third kappa shape index (κ3) is 2.59. The molecule has 0 fully saturated rings. The minimum atomic E-state index is 0.382. The van der Waals surface area contributed by atoms with Crippen molar-refractivity contribution >= 4 is 11.6 Å². The van der Waals surface area contributed by atoms with Crippen LogP contribution in [0.3, 0.4) is 0 Å². The number of aromatic nitrogens is 3. The Morgan fingerprint density at radius 3 is 2.47 bits per heavy atom. The summed E-state index contributed by atoms with van der Waals surface area (Å²) in [7, 11) is 1.90. The predicted molar refractivity (Wildman–Crippen MR) is 76.0 cm³/mol. The van der Waals surface area contributed by atoms with Gasteiger partial charge in [-0.3, -0.25) is 4.68 Å². The number of hydrogen-bond donors (Lipinski definition) is 0.